The molecule has 0 heterocycles. The minimum atomic E-state index is 0. The normalized spacial score (nSPS) is 10.1. The highest BCUT2D eigenvalue weighted by Crippen LogP contribution is 2.20. The van der Waals surface area contributed by atoms with Crippen molar-refractivity contribution in [1.82, 2.24) is 5.32 Å². The van der Waals surface area contributed by atoms with Crippen LogP contribution in [0.1, 0.15) is 18.9 Å². The molecule has 0 fully saturated rings. The largest absolute Gasteiger partial charge is 0.382 e. The first-order valence-corrected chi connectivity index (χ1v) is 6.22. The van der Waals surface area contributed by atoms with E-state index in [9.17, 15) is 0 Å². The molecule has 2 nitrogen and oxygen atoms in total. The monoisotopic (exact) mass is 297 g/mol. The molecule has 0 unspecified atom stereocenters. The van der Waals surface area contributed by atoms with Gasteiger partial charge in [-0.05, 0) is 37.6 Å². The Bertz CT molecular complexity index is 321. The van der Waals surface area contributed by atoms with Gasteiger partial charge in [-0.25, -0.2) is 0 Å². The third kappa shape index (κ3) is 7.12. The number of ether oxygens (including phenoxy) is 1. The van der Waals surface area contributed by atoms with Crippen LogP contribution in [-0.4, -0.2) is 19.8 Å². The van der Waals surface area contributed by atoms with E-state index in [1.807, 2.05) is 19.1 Å². The maximum atomic E-state index is 6.04. The maximum Gasteiger partial charge on any atom is 0.0477 e. The maximum absolute atomic E-state index is 6.04. The van der Waals surface area contributed by atoms with Crippen molar-refractivity contribution in [2.45, 2.75) is 19.9 Å². The second-order valence-electron chi connectivity index (χ2n) is 3.46. The van der Waals surface area contributed by atoms with Gasteiger partial charge < -0.3 is 10.1 Å². The molecule has 0 aliphatic heterocycles. The van der Waals surface area contributed by atoms with E-state index in [0.29, 0.717) is 10.0 Å². The Hall–Kier alpha value is 0.01000. The molecule has 98 valence electrons. The van der Waals surface area contributed by atoms with Crippen LogP contribution >= 0.6 is 35.6 Å². The Morgan fingerprint density at radius 3 is 2.71 bits per heavy atom. The van der Waals surface area contributed by atoms with E-state index < -0.39 is 0 Å². The average molecular weight is 299 g/mol. The third-order valence-electron chi connectivity index (χ3n) is 2.18. The Balaban J connectivity index is 0.00000256. The van der Waals surface area contributed by atoms with E-state index in [0.717, 1.165) is 38.3 Å². The molecule has 17 heavy (non-hydrogen) atoms. The summed E-state index contributed by atoms with van der Waals surface area (Å²) in [6, 6.07) is 5.56. The van der Waals surface area contributed by atoms with Crippen molar-refractivity contribution < 1.29 is 4.74 Å². The fourth-order valence-corrected chi connectivity index (χ4v) is 1.81. The summed E-state index contributed by atoms with van der Waals surface area (Å²) >= 11 is 11.9. The molecule has 0 bridgehead atoms. The van der Waals surface area contributed by atoms with Crippen molar-refractivity contribution in [3.8, 4) is 0 Å². The van der Waals surface area contributed by atoms with Gasteiger partial charge >= 0.3 is 0 Å². The summed E-state index contributed by atoms with van der Waals surface area (Å²) in [5, 5.41) is 4.70. The number of hydrogen-bond donors (Lipinski definition) is 1. The van der Waals surface area contributed by atoms with Crippen LogP contribution in [0.25, 0.3) is 0 Å². The highest BCUT2D eigenvalue weighted by molar-refractivity contribution is 6.35. The Morgan fingerprint density at radius 1 is 1.29 bits per heavy atom. The minimum absolute atomic E-state index is 0. The molecule has 0 saturated heterocycles. The van der Waals surface area contributed by atoms with Gasteiger partial charge in [0.1, 0.15) is 0 Å². The van der Waals surface area contributed by atoms with Crippen molar-refractivity contribution in [1.29, 1.82) is 0 Å². The van der Waals surface area contributed by atoms with Gasteiger partial charge in [0.15, 0.2) is 0 Å². The lowest BCUT2D eigenvalue weighted by Crippen LogP contribution is -2.16. The summed E-state index contributed by atoms with van der Waals surface area (Å²) in [6.07, 6.45) is 1.01. The predicted molar refractivity (Wildman–Crippen MR) is 76.5 cm³/mol. The zero-order valence-corrected chi connectivity index (χ0v) is 12.2. The van der Waals surface area contributed by atoms with E-state index in [1.54, 1.807) is 6.07 Å². The van der Waals surface area contributed by atoms with E-state index >= 15 is 0 Å². The first kappa shape index (κ1) is 17.0. The van der Waals surface area contributed by atoms with Crippen molar-refractivity contribution >= 4 is 35.6 Å². The van der Waals surface area contributed by atoms with E-state index in [1.165, 1.54) is 0 Å². The van der Waals surface area contributed by atoms with Gasteiger partial charge in [-0.2, -0.15) is 0 Å². The highest BCUT2D eigenvalue weighted by Gasteiger charge is 2.00. The van der Waals surface area contributed by atoms with E-state index in [2.05, 4.69) is 5.32 Å². The lowest BCUT2D eigenvalue weighted by Gasteiger charge is -2.07. The Labute approximate surface area is 119 Å². The van der Waals surface area contributed by atoms with Crippen molar-refractivity contribution in [3.63, 3.8) is 0 Å². The van der Waals surface area contributed by atoms with Gasteiger partial charge in [0.05, 0.1) is 0 Å². The fraction of sp³-hybridized carbons (Fsp3) is 0.500. The molecule has 1 N–H and O–H groups in total. The zero-order valence-electron chi connectivity index (χ0n) is 9.84. The number of nitrogens with one attached hydrogen (secondary N) is 1. The summed E-state index contributed by atoms with van der Waals surface area (Å²) in [5.74, 6) is 0. The quantitative estimate of drug-likeness (QED) is 0.770. The van der Waals surface area contributed by atoms with E-state index in [4.69, 9.17) is 27.9 Å². The van der Waals surface area contributed by atoms with E-state index in [-0.39, 0.29) is 12.4 Å². The van der Waals surface area contributed by atoms with Crippen molar-refractivity contribution in [3.05, 3.63) is 33.8 Å². The highest BCUT2D eigenvalue weighted by atomic mass is 35.5. The van der Waals surface area contributed by atoms with Crippen molar-refractivity contribution in [2.24, 2.45) is 0 Å². The molecule has 0 aromatic heterocycles. The Morgan fingerprint density at radius 2 is 2.06 bits per heavy atom. The molecule has 0 aliphatic rings. The zero-order chi connectivity index (χ0) is 11.8. The van der Waals surface area contributed by atoms with Gasteiger partial charge in [0.25, 0.3) is 0 Å². The number of halogens is 3. The average Bonchev–Trinajstić information content (AvgIpc) is 2.26. The standard InChI is InChI=1S/C12H17Cl2NO.ClH/c1-2-16-7-3-6-15-9-10-4-5-11(13)8-12(10)14;/h4-5,8,15H,2-3,6-7,9H2,1H3;1H. The van der Waals surface area contributed by atoms with Crippen LogP contribution in [0.5, 0.6) is 0 Å². The lowest BCUT2D eigenvalue weighted by molar-refractivity contribution is 0.144. The SMILES string of the molecule is CCOCCCNCc1ccc(Cl)cc1Cl.Cl. The predicted octanol–water partition coefficient (Wildman–Crippen LogP) is 3.93. The molecule has 5 heteroatoms. The molecular weight excluding hydrogens is 280 g/mol. The fourth-order valence-electron chi connectivity index (χ4n) is 1.33. The number of benzene rings is 1. The van der Waals surface area contributed by atoms with Crippen LogP contribution in [0.4, 0.5) is 0 Å². The Kier molecular flexibility index (Phi) is 9.99. The summed E-state index contributed by atoms with van der Waals surface area (Å²) < 4.78 is 5.24. The summed E-state index contributed by atoms with van der Waals surface area (Å²) in [7, 11) is 0. The summed E-state index contributed by atoms with van der Waals surface area (Å²) in [6.45, 7) is 5.28. The van der Waals surface area contributed by atoms with Gasteiger partial charge in [-0.3, -0.25) is 0 Å². The molecule has 0 radical (unpaired) electrons. The second kappa shape index (κ2) is 9.98. The molecule has 0 atom stereocenters. The van der Waals surface area contributed by atoms with Crippen LogP contribution in [0.2, 0.25) is 10.0 Å². The molecular formula is C12H18Cl3NO. The van der Waals surface area contributed by atoms with Crippen LogP contribution in [0.15, 0.2) is 18.2 Å². The van der Waals surface area contributed by atoms with Gasteiger partial charge in [0.2, 0.25) is 0 Å². The van der Waals surface area contributed by atoms with Crippen LogP contribution in [0, 0.1) is 0 Å². The topological polar surface area (TPSA) is 21.3 Å². The molecule has 0 amide bonds. The van der Waals surface area contributed by atoms with Crippen LogP contribution in [-0.2, 0) is 11.3 Å². The van der Waals surface area contributed by atoms with Gasteiger partial charge in [-0.1, -0.05) is 29.3 Å². The summed E-state index contributed by atoms with van der Waals surface area (Å²) in [5.41, 5.74) is 1.07. The first-order valence-electron chi connectivity index (χ1n) is 5.46. The molecule has 0 saturated carbocycles. The summed E-state index contributed by atoms with van der Waals surface area (Å²) in [4.78, 5) is 0. The smallest absolute Gasteiger partial charge is 0.0477 e. The van der Waals surface area contributed by atoms with Gasteiger partial charge in [-0.15, -0.1) is 12.4 Å². The molecule has 1 aromatic rings. The second-order valence-corrected chi connectivity index (χ2v) is 4.31. The molecule has 1 aromatic carbocycles. The van der Waals surface area contributed by atoms with Gasteiger partial charge in [0, 0.05) is 29.8 Å². The molecule has 1 rings (SSSR count). The van der Waals surface area contributed by atoms with Crippen LogP contribution in [0.3, 0.4) is 0 Å². The minimum Gasteiger partial charge on any atom is -0.382 e. The lowest BCUT2D eigenvalue weighted by atomic mass is 10.2. The molecule has 0 spiro atoms. The first-order chi connectivity index (χ1) is 7.74. The van der Waals surface area contributed by atoms with Crippen molar-refractivity contribution in [2.75, 3.05) is 19.8 Å². The third-order valence-corrected chi connectivity index (χ3v) is 2.76. The molecule has 0 aliphatic carbocycles. The number of rotatable bonds is 7. The number of hydrogen-bond acceptors (Lipinski definition) is 2. The van der Waals surface area contributed by atoms with Crippen LogP contribution < -0.4 is 5.32 Å².